The van der Waals surface area contributed by atoms with Gasteiger partial charge >= 0.3 is 5.97 Å². The highest BCUT2D eigenvalue weighted by Crippen LogP contribution is 2.15. The summed E-state index contributed by atoms with van der Waals surface area (Å²) in [7, 11) is 0. The molecule has 1 unspecified atom stereocenters. The number of esters is 1. The summed E-state index contributed by atoms with van der Waals surface area (Å²) in [5.41, 5.74) is 1.03. The molecule has 1 N–H and O–H groups in total. The molecular weight excluding hydrogens is 204 g/mol. The Morgan fingerprint density at radius 1 is 1.31 bits per heavy atom. The first-order valence-corrected chi connectivity index (χ1v) is 5.07. The first-order chi connectivity index (χ1) is 7.74. The minimum Gasteiger partial charge on any atom is -0.512 e. The van der Waals surface area contributed by atoms with E-state index in [1.165, 1.54) is 0 Å². The van der Waals surface area contributed by atoms with Crippen molar-refractivity contribution in [2.24, 2.45) is 0 Å². The molecule has 1 aliphatic heterocycles. The van der Waals surface area contributed by atoms with Gasteiger partial charge in [0.25, 0.3) is 0 Å². The van der Waals surface area contributed by atoms with E-state index in [4.69, 9.17) is 4.74 Å². The van der Waals surface area contributed by atoms with Gasteiger partial charge in [0.2, 0.25) is 0 Å². The number of aliphatic hydroxyl groups is 1. The summed E-state index contributed by atoms with van der Waals surface area (Å²) in [4.78, 5) is 11.0. The number of cyclic esters (lactones) is 1. The van der Waals surface area contributed by atoms with Gasteiger partial charge < -0.3 is 9.84 Å². The Kier molecular flexibility index (Phi) is 3.05. The molecule has 0 radical (unpaired) electrons. The van der Waals surface area contributed by atoms with E-state index in [9.17, 15) is 9.90 Å². The zero-order chi connectivity index (χ0) is 11.4. The van der Waals surface area contributed by atoms with Crippen molar-refractivity contribution in [1.29, 1.82) is 0 Å². The van der Waals surface area contributed by atoms with Gasteiger partial charge in [0.1, 0.15) is 11.9 Å². The van der Waals surface area contributed by atoms with Gasteiger partial charge in [-0.15, -0.1) is 0 Å². The second kappa shape index (κ2) is 4.66. The van der Waals surface area contributed by atoms with E-state index < -0.39 is 5.97 Å². The van der Waals surface area contributed by atoms with Crippen LogP contribution in [0.4, 0.5) is 0 Å². The molecule has 2 rings (SSSR count). The maximum Gasteiger partial charge on any atom is 0.334 e. The standard InChI is InChI=1S/C13H12O3/c14-11-8-12(16-13(15)9-11)7-6-10-4-2-1-3-5-10/h1-7,9,12,14H,8H2/b7-6+. The summed E-state index contributed by atoms with van der Waals surface area (Å²) in [6, 6.07) is 9.72. The molecule has 0 saturated heterocycles. The van der Waals surface area contributed by atoms with Crippen molar-refractivity contribution in [3.8, 4) is 0 Å². The molecular formula is C13H12O3. The lowest BCUT2D eigenvalue weighted by molar-refractivity contribution is -0.142. The highest BCUT2D eigenvalue weighted by Gasteiger charge is 2.18. The van der Waals surface area contributed by atoms with E-state index in [-0.39, 0.29) is 11.9 Å². The molecule has 0 fully saturated rings. The van der Waals surface area contributed by atoms with Gasteiger partial charge in [0, 0.05) is 6.42 Å². The quantitative estimate of drug-likeness (QED) is 0.772. The highest BCUT2D eigenvalue weighted by atomic mass is 16.5. The van der Waals surface area contributed by atoms with Gasteiger partial charge in [0.05, 0.1) is 6.08 Å². The van der Waals surface area contributed by atoms with Gasteiger partial charge in [-0.25, -0.2) is 4.79 Å². The van der Waals surface area contributed by atoms with Crippen molar-refractivity contribution in [3.05, 3.63) is 53.8 Å². The van der Waals surface area contributed by atoms with Crippen LogP contribution in [0, 0.1) is 0 Å². The van der Waals surface area contributed by atoms with E-state index in [1.54, 1.807) is 6.08 Å². The van der Waals surface area contributed by atoms with Crippen molar-refractivity contribution >= 4 is 12.0 Å². The van der Waals surface area contributed by atoms with E-state index in [0.29, 0.717) is 6.42 Å². The SMILES string of the molecule is O=C1C=C(O)CC(/C=C/c2ccccc2)O1. The van der Waals surface area contributed by atoms with Crippen LogP contribution in [-0.2, 0) is 9.53 Å². The predicted octanol–water partition coefficient (Wildman–Crippen LogP) is 2.46. The van der Waals surface area contributed by atoms with E-state index >= 15 is 0 Å². The summed E-state index contributed by atoms with van der Waals surface area (Å²) in [5, 5.41) is 9.27. The van der Waals surface area contributed by atoms with Crippen LogP contribution in [0.3, 0.4) is 0 Å². The number of benzene rings is 1. The Bertz CT molecular complexity index is 432. The van der Waals surface area contributed by atoms with E-state index in [2.05, 4.69) is 0 Å². The fraction of sp³-hybridized carbons (Fsp3) is 0.154. The van der Waals surface area contributed by atoms with E-state index in [1.807, 2.05) is 36.4 Å². The molecule has 1 heterocycles. The van der Waals surface area contributed by atoms with Crippen molar-refractivity contribution < 1.29 is 14.6 Å². The molecule has 0 spiro atoms. The van der Waals surface area contributed by atoms with Gasteiger partial charge in [-0.05, 0) is 11.6 Å². The van der Waals surface area contributed by atoms with Gasteiger partial charge in [-0.1, -0.05) is 36.4 Å². The molecule has 1 aromatic carbocycles. The maximum atomic E-state index is 11.0. The smallest absolute Gasteiger partial charge is 0.334 e. The number of hydrogen-bond donors (Lipinski definition) is 1. The molecule has 16 heavy (non-hydrogen) atoms. The van der Waals surface area contributed by atoms with Gasteiger partial charge in [-0.3, -0.25) is 0 Å². The lowest BCUT2D eigenvalue weighted by atomic mass is 10.1. The number of carbonyl (C=O) groups excluding carboxylic acids is 1. The molecule has 82 valence electrons. The second-order valence-electron chi connectivity index (χ2n) is 3.58. The summed E-state index contributed by atoms with van der Waals surface area (Å²) in [6.45, 7) is 0. The number of ether oxygens (including phenoxy) is 1. The molecule has 1 aromatic rings. The molecule has 0 aromatic heterocycles. The molecule has 1 atom stereocenters. The minimum atomic E-state index is -0.494. The van der Waals surface area contributed by atoms with Crippen LogP contribution in [0.25, 0.3) is 6.08 Å². The van der Waals surface area contributed by atoms with Crippen LogP contribution in [0.5, 0.6) is 0 Å². The third kappa shape index (κ3) is 2.73. The normalized spacial score (nSPS) is 20.6. The maximum absolute atomic E-state index is 11.0. The molecule has 0 amide bonds. The summed E-state index contributed by atoms with van der Waals surface area (Å²) in [5.74, 6) is -0.426. The van der Waals surface area contributed by atoms with Crippen LogP contribution in [0.2, 0.25) is 0 Å². The zero-order valence-corrected chi connectivity index (χ0v) is 8.67. The van der Waals surface area contributed by atoms with Crippen molar-refractivity contribution in [2.45, 2.75) is 12.5 Å². The lowest BCUT2D eigenvalue weighted by Gasteiger charge is -2.16. The number of aliphatic hydroxyl groups excluding tert-OH is 1. The first-order valence-electron chi connectivity index (χ1n) is 5.07. The Morgan fingerprint density at radius 2 is 2.06 bits per heavy atom. The Balaban J connectivity index is 2.03. The van der Waals surface area contributed by atoms with E-state index in [0.717, 1.165) is 11.6 Å². The molecule has 0 bridgehead atoms. The van der Waals surface area contributed by atoms with Crippen molar-refractivity contribution in [1.82, 2.24) is 0 Å². The van der Waals surface area contributed by atoms with Gasteiger partial charge in [0.15, 0.2) is 0 Å². The molecule has 0 aliphatic carbocycles. The second-order valence-corrected chi connectivity index (χ2v) is 3.58. The molecule has 1 aliphatic rings. The van der Waals surface area contributed by atoms with Crippen LogP contribution < -0.4 is 0 Å². The summed E-state index contributed by atoms with van der Waals surface area (Å²) in [6.07, 6.45) is 4.72. The van der Waals surface area contributed by atoms with Crippen LogP contribution >= 0.6 is 0 Å². The lowest BCUT2D eigenvalue weighted by Crippen LogP contribution is -2.20. The average molecular weight is 216 g/mol. The largest absolute Gasteiger partial charge is 0.512 e. The zero-order valence-electron chi connectivity index (χ0n) is 8.67. The third-order valence-electron chi connectivity index (χ3n) is 2.27. The highest BCUT2D eigenvalue weighted by molar-refractivity contribution is 5.83. The van der Waals surface area contributed by atoms with Crippen molar-refractivity contribution in [2.75, 3.05) is 0 Å². The minimum absolute atomic E-state index is 0.0685. The van der Waals surface area contributed by atoms with Crippen LogP contribution in [0.1, 0.15) is 12.0 Å². The van der Waals surface area contributed by atoms with Crippen LogP contribution in [-0.4, -0.2) is 17.2 Å². The predicted molar refractivity (Wildman–Crippen MR) is 60.7 cm³/mol. The fourth-order valence-corrected chi connectivity index (χ4v) is 1.52. The summed E-state index contributed by atoms with van der Waals surface area (Å²) >= 11 is 0. The molecule has 3 heteroatoms. The number of carbonyl (C=O) groups is 1. The Hall–Kier alpha value is -2.03. The Morgan fingerprint density at radius 3 is 2.75 bits per heavy atom. The monoisotopic (exact) mass is 216 g/mol. The fourth-order valence-electron chi connectivity index (χ4n) is 1.52. The number of rotatable bonds is 2. The first kappa shape index (κ1) is 10.5. The molecule has 3 nitrogen and oxygen atoms in total. The topological polar surface area (TPSA) is 46.5 Å². The third-order valence-corrected chi connectivity index (χ3v) is 2.27. The Labute approximate surface area is 93.7 Å². The summed E-state index contributed by atoms with van der Waals surface area (Å²) < 4.78 is 5.02. The molecule has 0 saturated carbocycles. The average Bonchev–Trinajstić information content (AvgIpc) is 2.27. The number of hydrogen-bond acceptors (Lipinski definition) is 3. The van der Waals surface area contributed by atoms with Crippen LogP contribution in [0.15, 0.2) is 48.2 Å². The van der Waals surface area contributed by atoms with Crippen molar-refractivity contribution in [3.63, 3.8) is 0 Å². The van der Waals surface area contributed by atoms with Gasteiger partial charge in [-0.2, -0.15) is 0 Å².